The summed E-state index contributed by atoms with van der Waals surface area (Å²) in [7, 11) is -3.55. The van der Waals surface area contributed by atoms with E-state index < -0.39 is 21.6 Å². The molecular formula is C33H43N3O4S. The molecule has 0 heterocycles. The van der Waals surface area contributed by atoms with Crippen molar-refractivity contribution in [2.75, 3.05) is 17.1 Å². The van der Waals surface area contributed by atoms with E-state index in [0.717, 1.165) is 23.1 Å². The average Bonchev–Trinajstić information content (AvgIpc) is 2.92. The van der Waals surface area contributed by atoms with Crippen molar-refractivity contribution < 1.29 is 18.0 Å². The zero-order valence-electron chi connectivity index (χ0n) is 24.8. The third-order valence-electron chi connectivity index (χ3n) is 6.75. The van der Waals surface area contributed by atoms with Gasteiger partial charge >= 0.3 is 0 Å². The molecular weight excluding hydrogens is 534 g/mol. The molecule has 2 amide bonds. The first-order valence-electron chi connectivity index (χ1n) is 14.1. The molecule has 0 aliphatic carbocycles. The average molecular weight is 578 g/mol. The molecule has 0 aliphatic rings. The molecule has 3 aromatic carbocycles. The molecule has 3 rings (SSSR count). The van der Waals surface area contributed by atoms with Crippen molar-refractivity contribution in [3.63, 3.8) is 0 Å². The van der Waals surface area contributed by atoms with Crippen LogP contribution in [0.15, 0.2) is 84.9 Å². The number of carbonyl (C=O) groups excluding carboxylic acids is 2. The molecule has 0 spiro atoms. The number of hydrogen-bond acceptors (Lipinski definition) is 4. The number of sulfonamides is 1. The summed E-state index contributed by atoms with van der Waals surface area (Å²) in [6.07, 6.45) is 2.81. The highest BCUT2D eigenvalue weighted by molar-refractivity contribution is 7.92. The minimum absolute atomic E-state index is 0.0972. The Kier molecular flexibility index (Phi) is 11.1. The lowest BCUT2D eigenvalue weighted by Gasteiger charge is -2.34. The van der Waals surface area contributed by atoms with Gasteiger partial charge in [-0.25, -0.2) is 8.42 Å². The number of aryl methyl sites for hydroxylation is 1. The van der Waals surface area contributed by atoms with Gasteiger partial charge in [0.05, 0.1) is 11.9 Å². The summed E-state index contributed by atoms with van der Waals surface area (Å²) < 4.78 is 26.6. The molecule has 0 bridgehead atoms. The van der Waals surface area contributed by atoms with Gasteiger partial charge in [0.1, 0.15) is 6.04 Å². The van der Waals surface area contributed by atoms with Crippen molar-refractivity contribution in [1.82, 2.24) is 10.2 Å². The number of carbonyl (C=O) groups is 2. The second-order valence-corrected chi connectivity index (χ2v) is 13.3. The van der Waals surface area contributed by atoms with Gasteiger partial charge in [-0.15, -0.1) is 0 Å². The maximum absolute atomic E-state index is 13.9. The van der Waals surface area contributed by atoms with Gasteiger partial charge in [-0.2, -0.15) is 0 Å². The van der Waals surface area contributed by atoms with E-state index >= 15 is 0 Å². The fourth-order valence-electron chi connectivity index (χ4n) is 4.69. The molecule has 1 unspecified atom stereocenters. The predicted octanol–water partition coefficient (Wildman–Crippen LogP) is 5.35. The molecule has 8 heteroatoms. The Morgan fingerprint density at radius 1 is 0.829 bits per heavy atom. The first-order valence-corrected chi connectivity index (χ1v) is 16.0. The summed E-state index contributed by atoms with van der Waals surface area (Å²) in [5.41, 5.74) is 3.08. The minimum Gasteiger partial charge on any atom is -0.350 e. The second kappa shape index (κ2) is 14.3. The maximum Gasteiger partial charge on any atom is 0.243 e. The lowest BCUT2D eigenvalue weighted by Crippen LogP contribution is -2.54. The zero-order valence-corrected chi connectivity index (χ0v) is 25.7. The molecule has 1 atom stereocenters. The Morgan fingerprint density at radius 3 is 1.90 bits per heavy atom. The molecule has 0 saturated heterocycles. The van der Waals surface area contributed by atoms with Crippen LogP contribution in [0.2, 0.25) is 0 Å². The summed E-state index contributed by atoms with van der Waals surface area (Å²) in [4.78, 5) is 29.2. The normalized spacial score (nSPS) is 12.4. The highest BCUT2D eigenvalue weighted by Crippen LogP contribution is 2.21. The fourth-order valence-corrected chi connectivity index (χ4v) is 5.65. The van der Waals surface area contributed by atoms with Crippen LogP contribution < -0.4 is 9.62 Å². The van der Waals surface area contributed by atoms with Crippen molar-refractivity contribution in [2.45, 2.75) is 71.5 Å². The number of rotatable bonds is 13. The SMILES string of the molecule is CCc1ccc(N(CCCC(=O)N(Cc2ccccc2)C(Cc2ccccc2)C(=O)NC(C)(C)C)S(C)(=O)=O)cc1. The summed E-state index contributed by atoms with van der Waals surface area (Å²) in [5.74, 6) is -0.423. The summed E-state index contributed by atoms with van der Waals surface area (Å²) in [5, 5.41) is 3.07. The van der Waals surface area contributed by atoms with Gasteiger partial charge in [0.15, 0.2) is 0 Å². The van der Waals surface area contributed by atoms with Crippen LogP contribution in [-0.4, -0.2) is 49.5 Å². The van der Waals surface area contributed by atoms with Gasteiger partial charge in [-0.1, -0.05) is 79.7 Å². The molecule has 0 aromatic heterocycles. The van der Waals surface area contributed by atoms with Crippen LogP contribution in [0.25, 0.3) is 0 Å². The Hall–Kier alpha value is -3.65. The van der Waals surface area contributed by atoms with Gasteiger partial charge in [0.25, 0.3) is 0 Å². The van der Waals surface area contributed by atoms with E-state index in [1.165, 1.54) is 10.6 Å². The molecule has 0 saturated carbocycles. The summed E-state index contributed by atoms with van der Waals surface area (Å²) in [6.45, 7) is 8.22. The first kappa shape index (κ1) is 31.9. The van der Waals surface area contributed by atoms with Gasteiger partial charge in [-0.05, 0) is 62.4 Å². The van der Waals surface area contributed by atoms with E-state index in [-0.39, 0.29) is 31.3 Å². The van der Waals surface area contributed by atoms with Gasteiger partial charge < -0.3 is 10.2 Å². The second-order valence-electron chi connectivity index (χ2n) is 11.4. The lowest BCUT2D eigenvalue weighted by molar-refractivity contribution is -0.142. The topological polar surface area (TPSA) is 86.8 Å². The van der Waals surface area contributed by atoms with Crippen molar-refractivity contribution in [2.24, 2.45) is 0 Å². The van der Waals surface area contributed by atoms with E-state index in [9.17, 15) is 18.0 Å². The summed E-state index contributed by atoms with van der Waals surface area (Å²) in [6, 6.07) is 26.0. The molecule has 0 radical (unpaired) electrons. The Morgan fingerprint density at radius 2 is 1.39 bits per heavy atom. The molecule has 0 fully saturated rings. The maximum atomic E-state index is 13.9. The monoisotopic (exact) mass is 577 g/mol. The van der Waals surface area contributed by atoms with Crippen LogP contribution in [0, 0.1) is 0 Å². The van der Waals surface area contributed by atoms with Crippen LogP contribution in [0.4, 0.5) is 5.69 Å². The number of nitrogens with one attached hydrogen (secondary N) is 1. The van der Waals surface area contributed by atoms with Crippen molar-refractivity contribution in [1.29, 1.82) is 0 Å². The quantitative estimate of drug-likeness (QED) is 0.297. The number of nitrogens with zero attached hydrogens (tertiary/aromatic N) is 2. The molecule has 7 nitrogen and oxygen atoms in total. The first-order chi connectivity index (χ1) is 19.4. The molecule has 3 aromatic rings. The van der Waals surface area contributed by atoms with E-state index in [0.29, 0.717) is 18.5 Å². The predicted molar refractivity (Wildman–Crippen MR) is 166 cm³/mol. The van der Waals surface area contributed by atoms with Crippen LogP contribution in [-0.2, 0) is 39.0 Å². The third kappa shape index (κ3) is 10.0. The van der Waals surface area contributed by atoms with Crippen molar-refractivity contribution in [3.05, 3.63) is 102 Å². The molecule has 0 aliphatic heterocycles. The number of anilines is 1. The van der Waals surface area contributed by atoms with Crippen LogP contribution in [0.5, 0.6) is 0 Å². The van der Waals surface area contributed by atoms with E-state index in [1.807, 2.05) is 100 Å². The Labute approximate surface area is 245 Å². The number of amides is 2. The molecule has 220 valence electrons. The van der Waals surface area contributed by atoms with Gasteiger partial charge in [0, 0.05) is 31.5 Å². The van der Waals surface area contributed by atoms with Crippen molar-refractivity contribution >= 4 is 27.5 Å². The van der Waals surface area contributed by atoms with Gasteiger partial charge in [0.2, 0.25) is 21.8 Å². The van der Waals surface area contributed by atoms with E-state index in [2.05, 4.69) is 5.32 Å². The third-order valence-corrected chi connectivity index (χ3v) is 7.94. The number of benzene rings is 3. The van der Waals surface area contributed by atoms with E-state index in [1.54, 1.807) is 17.0 Å². The smallest absolute Gasteiger partial charge is 0.243 e. The van der Waals surface area contributed by atoms with Crippen LogP contribution >= 0.6 is 0 Å². The summed E-state index contributed by atoms with van der Waals surface area (Å²) >= 11 is 0. The van der Waals surface area contributed by atoms with Crippen LogP contribution in [0.1, 0.15) is 57.2 Å². The molecule has 41 heavy (non-hydrogen) atoms. The highest BCUT2D eigenvalue weighted by Gasteiger charge is 2.32. The van der Waals surface area contributed by atoms with Crippen molar-refractivity contribution in [3.8, 4) is 0 Å². The largest absolute Gasteiger partial charge is 0.350 e. The highest BCUT2D eigenvalue weighted by atomic mass is 32.2. The lowest BCUT2D eigenvalue weighted by atomic mass is 10.00. The zero-order chi connectivity index (χ0) is 30.0. The Balaban J connectivity index is 1.87. The Bertz CT molecular complexity index is 1370. The van der Waals surface area contributed by atoms with E-state index in [4.69, 9.17) is 0 Å². The molecule has 1 N–H and O–H groups in total. The number of hydrogen-bond donors (Lipinski definition) is 1. The minimum atomic E-state index is -3.55. The fraction of sp³-hybridized carbons (Fsp3) is 0.394. The van der Waals surface area contributed by atoms with Crippen LogP contribution in [0.3, 0.4) is 0 Å². The standard InChI is InChI=1S/C33H43N3O4S/c1-6-26-19-21-29(22-20-26)36(41(5,39)40)23-13-18-31(37)35(25-28-16-11-8-12-17-28)30(32(38)34-33(2,3)4)24-27-14-9-7-10-15-27/h7-12,14-17,19-22,30H,6,13,18,23-25H2,1-5H3,(H,34,38). The van der Waals surface area contributed by atoms with Gasteiger partial charge in [-0.3, -0.25) is 13.9 Å².